The Kier molecular flexibility index (Phi) is 5.86. The first-order valence-electron chi connectivity index (χ1n) is 6.34. The largest absolute Gasteiger partial charge is 0.543 e. The van der Waals surface area contributed by atoms with Gasteiger partial charge in [-0.15, -0.1) is 0 Å². The number of hydrogen-bond donors (Lipinski definition) is 1. The smallest absolute Gasteiger partial charge is 0.276 e. The second-order valence-electron chi connectivity index (χ2n) is 5.19. The van der Waals surface area contributed by atoms with E-state index in [9.17, 15) is 14.9 Å². The van der Waals surface area contributed by atoms with Crippen molar-refractivity contribution in [3.8, 4) is 0 Å². The van der Waals surface area contributed by atoms with Crippen molar-refractivity contribution in [2.24, 2.45) is 0 Å². The van der Waals surface area contributed by atoms with Gasteiger partial charge >= 0.3 is 0 Å². The predicted molar refractivity (Wildman–Crippen MR) is 83.8 cm³/mol. The second-order valence-corrected chi connectivity index (χ2v) is 9.62. The molecule has 0 saturated carbocycles. The summed E-state index contributed by atoms with van der Waals surface area (Å²) in [6.45, 7) is 6.00. The number of nitrogens with zero attached hydrogens (tertiary/aromatic N) is 1. The number of nitro groups is 1. The summed E-state index contributed by atoms with van der Waals surface area (Å²) in [5.74, 6) is 0.458. The van der Waals surface area contributed by atoms with E-state index in [1.165, 1.54) is 12.3 Å². The van der Waals surface area contributed by atoms with Crippen LogP contribution in [0.5, 0.6) is 0 Å². The van der Waals surface area contributed by atoms with Gasteiger partial charge in [0.2, 0.25) is 14.7 Å². The van der Waals surface area contributed by atoms with E-state index in [-0.39, 0.29) is 5.69 Å². The molecule has 0 heterocycles. The Labute approximate surface area is 124 Å². The first-order chi connectivity index (χ1) is 9.83. The zero-order valence-electron chi connectivity index (χ0n) is 12.2. The minimum atomic E-state index is -1.85. The number of allylic oxidation sites excluding steroid dienone is 1. The van der Waals surface area contributed by atoms with Gasteiger partial charge in [0, 0.05) is 12.3 Å². The normalized spacial score (nSPS) is 12.2. The molecule has 0 fully saturated rings. The topological polar surface area (TPSA) is 81.5 Å². The van der Waals surface area contributed by atoms with Gasteiger partial charge in [-0.3, -0.25) is 14.9 Å². The molecule has 0 bridgehead atoms. The molecule has 0 spiro atoms. The molecule has 0 saturated heterocycles. The highest BCUT2D eigenvalue weighted by Crippen LogP contribution is 2.20. The summed E-state index contributed by atoms with van der Waals surface area (Å²) in [6.07, 6.45) is 5.16. The fourth-order valence-electron chi connectivity index (χ4n) is 1.55. The van der Waals surface area contributed by atoms with E-state index < -0.39 is 13.2 Å². The SMILES string of the molecule is C[Si](C)(C)OC(=C\NC=O)/C=C/c1ccccc1[N+](=O)[O-]. The van der Waals surface area contributed by atoms with Gasteiger partial charge in [-0.2, -0.15) is 0 Å². The molecule has 0 atom stereocenters. The van der Waals surface area contributed by atoms with Crippen LogP contribution >= 0.6 is 0 Å². The van der Waals surface area contributed by atoms with Gasteiger partial charge in [0.15, 0.2) is 0 Å². The number of amides is 1. The minimum absolute atomic E-state index is 0.0180. The Morgan fingerprint density at radius 3 is 2.57 bits per heavy atom. The van der Waals surface area contributed by atoms with E-state index in [0.717, 1.165) is 0 Å². The van der Waals surface area contributed by atoms with E-state index in [4.69, 9.17) is 4.43 Å². The molecule has 0 aromatic heterocycles. The number of carbonyl (C=O) groups is 1. The number of nitrogens with one attached hydrogen (secondary N) is 1. The van der Waals surface area contributed by atoms with E-state index in [0.29, 0.717) is 17.7 Å². The molecule has 112 valence electrons. The first kappa shape index (κ1) is 16.6. The lowest BCUT2D eigenvalue weighted by atomic mass is 10.1. The van der Waals surface area contributed by atoms with Gasteiger partial charge in [-0.25, -0.2) is 0 Å². The van der Waals surface area contributed by atoms with Crippen molar-refractivity contribution in [3.05, 3.63) is 58.0 Å². The van der Waals surface area contributed by atoms with Crippen LogP contribution in [-0.2, 0) is 9.22 Å². The quantitative estimate of drug-likeness (QED) is 0.210. The summed E-state index contributed by atoms with van der Waals surface area (Å²) in [7, 11) is -1.85. The number of para-hydroxylation sites is 1. The zero-order chi connectivity index (χ0) is 15.9. The zero-order valence-corrected chi connectivity index (χ0v) is 13.2. The summed E-state index contributed by atoms with van der Waals surface area (Å²) in [4.78, 5) is 20.9. The van der Waals surface area contributed by atoms with Crippen LogP contribution in [0.15, 0.2) is 42.3 Å². The lowest BCUT2D eigenvalue weighted by Gasteiger charge is -2.19. The van der Waals surface area contributed by atoms with Gasteiger partial charge in [0.05, 0.1) is 10.5 Å². The van der Waals surface area contributed by atoms with Crippen LogP contribution in [0.4, 0.5) is 5.69 Å². The van der Waals surface area contributed by atoms with Crippen molar-refractivity contribution in [1.82, 2.24) is 5.32 Å². The van der Waals surface area contributed by atoms with Gasteiger partial charge in [0.25, 0.3) is 5.69 Å². The molecule has 0 radical (unpaired) electrons. The molecule has 6 nitrogen and oxygen atoms in total. The molecule has 1 rings (SSSR count). The van der Waals surface area contributed by atoms with Crippen molar-refractivity contribution < 1.29 is 14.1 Å². The highest BCUT2D eigenvalue weighted by molar-refractivity contribution is 6.70. The third kappa shape index (κ3) is 6.04. The Morgan fingerprint density at radius 1 is 1.33 bits per heavy atom. The van der Waals surface area contributed by atoms with E-state index >= 15 is 0 Å². The molecule has 1 amide bonds. The van der Waals surface area contributed by atoms with E-state index in [1.54, 1.807) is 30.4 Å². The molecule has 7 heteroatoms. The molecule has 21 heavy (non-hydrogen) atoms. The Hall–Kier alpha value is -2.41. The van der Waals surface area contributed by atoms with Gasteiger partial charge in [-0.05, 0) is 37.9 Å². The average Bonchev–Trinajstić information content (AvgIpc) is 2.40. The maximum absolute atomic E-state index is 10.9. The van der Waals surface area contributed by atoms with Crippen molar-refractivity contribution in [2.45, 2.75) is 19.6 Å². The maximum atomic E-state index is 10.9. The van der Waals surface area contributed by atoms with Crippen LogP contribution in [0, 0.1) is 10.1 Å². The van der Waals surface area contributed by atoms with Crippen LogP contribution in [0.25, 0.3) is 6.08 Å². The van der Waals surface area contributed by atoms with Crippen LogP contribution in [0.2, 0.25) is 19.6 Å². The van der Waals surface area contributed by atoms with Crippen molar-refractivity contribution in [2.75, 3.05) is 0 Å². The Balaban J connectivity index is 3.03. The Bertz CT molecular complexity index is 577. The maximum Gasteiger partial charge on any atom is 0.276 e. The Morgan fingerprint density at radius 2 is 2.00 bits per heavy atom. The number of benzene rings is 1. The standard InChI is InChI=1S/C14H18N2O4Si/c1-21(2,3)20-13(10-15-11-17)9-8-12-6-4-5-7-14(12)16(18)19/h4-11H,1-3H3,(H,15,17)/b9-8+,13-10-. The lowest BCUT2D eigenvalue weighted by molar-refractivity contribution is -0.385. The molecular weight excluding hydrogens is 288 g/mol. The fraction of sp³-hybridized carbons (Fsp3) is 0.214. The molecule has 0 aliphatic carbocycles. The number of hydrogen-bond acceptors (Lipinski definition) is 4. The molecular formula is C14H18N2O4Si. The predicted octanol–water partition coefficient (Wildman–Crippen LogP) is 3.05. The molecule has 1 aromatic rings. The minimum Gasteiger partial charge on any atom is -0.543 e. The number of nitro benzene ring substituents is 1. The van der Waals surface area contributed by atoms with Crippen molar-refractivity contribution in [1.29, 1.82) is 0 Å². The molecule has 0 unspecified atom stereocenters. The van der Waals surface area contributed by atoms with Gasteiger partial charge in [0.1, 0.15) is 5.76 Å². The van der Waals surface area contributed by atoms with E-state index in [2.05, 4.69) is 5.32 Å². The van der Waals surface area contributed by atoms with Crippen LogP contribution in [0.1, 0.15) is 5.56 Å². The number of carbonyl (C=O) groups excluding carboxylic acids is 1. The van der Waals surface area contributed by atoms with Gasteiger partial charge in [-0.1, -0.05) is 12.1 Å². The fourth-order valence-corrected chi connectivity index (χ4v) is 2.38. The molecule has 0 aliphatic rings. The third-order valence-electron chi connectivity index (χ3n) is 2.28. The first-order valence-corrected chi connectivity index (χ1v) is 9.75. The molecule has 1 aromatic carbocycles. The molecule has 1 N–H and O–H groups in total. The summed E-state index contributed by atoms with van der Waals surface area (Å²) in [5.41, 5.74) is 0.489. The van der Waals surface area contributed by atoms with Crippen LogP contribution in [-0.4, -0.2) is 19.7 Å². The average molecular weight is 306 g/mol. The summed E-state index contributed by atoms with van der Waals surface area (Å²) < 4.78 is 5.78. The summed E-state index contributed by atoms with van der Waals surface area (Å²) in [5, 5.41) is 13.4. The summed E-state index contributed by atoms with van der Waals surface area (Å²) >= 11 is 0. The van der Waals surface area contributed by atoms with Crippen molar-refractivity contribution >= 4 is 26.5 Å². The molecule has 0 aliphatic heterocycles. The monoisotopic (exact) mass is 306 g/mol. The number of rotatable bonds is 7. The second kappa shape index (κ2) is 7.39. The van der Waals surface area contributed by atoms with E-state index in [1.807, 2.05) is 19.6 Å². The lowest BCUT2D eigenvalue weighted by Crippen LogP contribution is -2.25. The van der Waals surface area contributed by atoms with Gasteiger partial charge < -0.3 is 9.74 Å². The highest BCUT2D eigenvalue weighted by Gasteiger charge is 2.17. The third-order valence-corrected chi connectivity index (χ3v) is 3.13. The van der Waals surface area contributed by atoms with Crippen molar-refractivity contribution in [3.63, 3.8) is 0 Å². The van der Waals surface area contributed by atoms with Crippen LogP contribution < -0.4 is 5.32 Å². The van der Waals surface area contributed by atoms with Crippen LogP contribution in [0.3, 0.4) is 0 Å². The summed E-state index contributed by atoms with van der Waals surface area (Å²) in [6, 6.07) is 6.41. The highest BCUT2D eigenvalue weighted by atomic mass is 28.4.